The molecule has 112 valence electrons. The maximum absolute atomic E-state index is 11.1. The van der Waals surface area contributed by atoms with Crippen molar-refractivity contribution in [2.75, 3.05) is 18.3 Å². The molecule has 1 fully saturated rings. The molecule has 1 saturated heterocycles. The second kappa shape index (κ2) is 7.63. The van der Waals surface area contributed by atoms with Gasteiger partial charge >= 0.3 is 24.8 Å². The number of carboxylic acids is 1. The Hall–Kier alpha value is -0.553. The topological polar surface area (TPSA) is 88.1 Å². The number of carbonyl (C=O) groups is 1. The predicted molar refractivity (Wildman–Crippen MR) is 79.5 cm³/mol. The van der Waals surface area contributed by atoms with E-state index in [2.05, 4.69) is 9.97 Å². The van der Waals surface area contributed by atoms with Crippen molar-refractivity contribution in [3.63, 3.8) is 0 Å². The van der Waals surface area contributed by atoms with Crippen LogP contribution in [0, 0.1) is 0 Å². The van der Waals surface area contributed by atoms with Crippen LogP contribution in [0.2, 0.25) is 10.3 Å². The zero-order valence-corrected chi connectivity index (χ0v) is 12.4. The Morgan fingerprint density at radius 3 is 2.62 bits per heavy atom. The molecule has 1 aromatic rings. The van der Waals surface area contributed by atoms with Crippen LogP contribution in [0.4, 0.5) is 5.82 Å². The fourth-order valence-electron chi connectivity index (χ4n) is 1.48. The minimum absolute atomic E-state index is 0. The van der Waals surface area contributed by atoms with Gasteiger partial charge in [-0.05, 0) is 25.4 Å². The number of hydrogen-bond donors (Lipinski definition) is 1. The van der Waals surface area contributed by atoms with Crippen LogP contribution < -0.4 is 5.06 Å². The second-order valence-electron chi connectivity index (χ2n) is 4.45. The maximum atomic E-state index is 11.1. The van der Waals surface area contributed by atoms with E-state index >= 15 is 0 Å². The Labute approximate surface area is 143 Å². The summed E-state index contributed by atoms with van der Waals surface area (Å²) in [6.45, 7) is 4.67. The third-order valence-corrected chi connectivity index (χ3v) is 3.01. The van der Waals surface area contributed by atoms with Gasteiger partial charge in [0, 0.05) is 0 Å². The van der Waals surface area contributed by atoms with Gasteiger partial charge in [0.1, 0.15) is 17.7 Å². The van der Waals surface area contributed by atoms with Gasteiger partial charge in [-0.1, -0.05) is 11.6 Å². The summed E-state index contributed by atoms with van der Waals surface area (Å²) in [5.74, 6) is -1.16. The molecule has 0 amide bonds. The van der Waals surface area contributed by atoms with Gasteiger partial charge in [-0.3, -0.25) is 4.84 Å². The van der Waals surface area contributed by atoms with Gasteiger partial charge in [-0.15, -0.1) is 0 Å². The summed E-state index contributed by atoms with van der Waals surface area (Å²) in [5, 5.41) is 10.1. The van der Waals surface area contributed by atoms with Crippen molar-refractivity contribution in [1.29, 1.82) is 0 Å². The number of carboxylic acid groups (broad SMARTS) is 1. The van der Waals surface area contributed by atoms with E-state index in [1.807, 2.05) is 13.8 Å². The fraction of sp³-hybridized carbons (Fsp3) is 0.545. The average Bonchev–Trinajstić information content (AvgIpc) is 3.16. The average molecular weight is 330 g/mol. The molecule has 1 aliphatic rings. The molecular weight excluding hydrogens is 316 g/mol. The van der Waals surface area contributed by atoms with E-state index in [0.717, 1.165) is 0 Å². The molecule has 0 radical (unpaired) electrons. The van der Waals surface area contributed by atoms with Crippen LogP contribution in [-0.4, -0.2) is 65.3 Å². The number of hydroxylamine groups is 1. The predicted octanol–water partition coefficient (Wildman–Crippen LogP) is 1.38. The summed E-state index contributed by atoms with van der Waals surface area (Å²) in [7, 11) is 0. The number of epoxide rings is 1. The molecule has 21 heavy (non-hydrogen) atoms. The van der Waals surface area contributed by atoms with Crippen LogP contribution in [-0.2, 0) is 9.57 Å². The van der Waals surface area contributed by atoms with Crippen molar-refractivity contribution < 1.29 is 19.5 Å². The summed E-state index contributed by atoms with van der Waals surface area (Å²) >= 11 is 11.8. The van der Waals surface area contributed by atoms with E-state index in [1.165, 1.54) is 5.06 Å². The number of ether oxygens (including phenoxy) is 1. The van der Waals surface area contributed by atoms with Crippen LogP contribution >= 0.6 is 23.2 Å². The molecule has 2 heterocycles. The van der Waals surface area contributed by atoms with Crippen molar-refractivity contribution >= 4 is 53.8 Å². The molecule has 1 aromatic heterocycles. The Kier molecular flexibility index (Phi) is 6.72. The first-order valence-electron chi connectivity index (χ1n) is 5.90. The van der Waals surface area contributed by atoms with Crippen LogP contribution in [0.1, 0.15) is 24.3 Å². The summed E-state index contributed by atoms with van der Waals surface area (Å²) < 4.78 is 5.05. The van der Waals surface area contributed by atoms with E-state index in [0.29, 0.717) is 13.2 Å². The SMILES string of the molecule is CC(C)N(OCC1CO1)c1nc(Cl)nc(C(=O)O)c1Cl.[LiH]. The molecule has 0 saturated carbocycles. The molecule has 0 spiro atoms. The Bertz CT molecular complexity index is 528. The summed E-state index contributed by atoms with van der Waals surface area (Å²) in [5.41, 5.74) is -0.362. The van der Waals surface area contributed by atoms with E-state index in [1.54, 1.807) is 0 Å². The Morgan fingerprint density at radius 2 is 2.14 bits per heavy atom. The van der Waals surface area contributed by atoms with E-state index in [-0.39, 0.29) is 52.8 Å². The Morgan fingerprint density at radius 1 is 1.52 bits per heavy atom. The number of aromatic nitrogens is 2. The minimum atomic E-state index is -1.28. The molecule has 1 aliphatic heterocycles. The molecular formula is C11H14Cl2LiN3O4. The molecule has 2 rings (SSSR count). The van der Waals surface area contributed by atoms with Gasteiger partial charge in [0.15, 0.2) is 11.5 Å². The second-order valence-corrected chi connectivity index (χ2v) is 5.17. The van der Waals surface area contributed by atoms with Crippen molar-refractivity contribution in [2.24, 2.45) is 0 Å². The van der Waals surface area contributed by atoms with Crippen LogP contribution in [0.25, 0.3) is 0 Å². The molecule has 10 heteroatoms. The quantitative estimate of drug-likeness (QED) is 0.365. The third kappa shape index (κ3) is 4.71. The van der Waals surface area contributed by atoms with Gasteiger partial charge in [0.2, 0.25) is 5.28 Å². The van der Waals surface area contributed by atoms with Gasteiger partial charge in [-0.25, -0.2) is 14.8 Å². The summed E-state index contributed by atoms with van der Waals surface area (Å²) in [4.78, 5) is 24.2. The monoisotopic (exact) mass is 329 g/mol. The van der Waals surface area contributed by atoms with E-state index in [9.17, 15) is 4.79 Å². The van der Waals surface area contributed by atoms with Gasteiger partial charge < -0.3 is 9.84 Å². The molecule has 0 aromatic carbocycles. The summed E-state index contributed by atoms with van der Waals surface area (Å²) in [6.07, 6.45) is 0.0475. The number of nitrogens with zero attached hydrogens (tertiary/aromatic N) is 3. The molecule has 1 atom stereocenters. The standard InChI is InChI=1S/C11H13Cl2N3O4.Li.H/c1-5(2)16(20-4-6-3-19-6)9-7(12)8(10(17)18)14-11(13)15-9;;/h5-6H,3-4H2,1-2H3,(H,17,18);;. The number of aromatic carboxylic acids is 1. The van der Waals surface area contributed by atoms with Crippen LogP contribution in [0.15, 0.2) is 0 Å². The zero-order chi connectivity index (χ0) is 14.9. The number of hydrogen-bond acceptors (Lipinski definition) is 6. The molecule has 0 aliphatic carbocycles. The first-order valence-corrected chi connectivity index (χ1v) is 6.65. The van der Waals surface area contributed by atoms with Gasteiger partial charge in [-0.2, -0.15) is 4.98 Å². The first-order chi connectivity index (χ1) is 9.40. The number of rotatable bonds is 6. The van der Waals surface area contributed by atoms with Crippen LogP contribution in [0.5, 0.6) is 0 Å². The van der Waals surface area contributed by atoms with Gasteiger partial charge in [0.25, 0.3) is 0 Å². The first kappa shape index (κ1) is 18.5. The molecule has 7 nitrogen and oxygen atoms in total. The molecule has 0 bridgehead atoms. The fourth-order valence-corrected chi connectivity index (χ4v) is 1.89. The third-order valence-electron chi connectivity index (χ3n) is 2.49. The van der Waals surface area contributed by atoms with E-state index in [4.69, 9.17) is 37.9 Å². The van der Waals surface area contributed by atoms with E-state index < -0.39 is 5.97 Å². The summed E-state index contributed by atoms with van der Waals surface area (Å²) in [6, 6.07) is -0.126. The van der Waals surface area contributed by atoms with Gasteiger partial charge in [0.05, 0.1) is 12.6 Å². The molecule has 1 unspecified atom stereocenters. The molecule has 1 N–H and O–H groups in total. The Balaban J connectivity index is 0.00000220. The van der Waals surface area contributed by atoms with Crippen molar-refractivity contribution in [3.8, 4) is 0 Å². The van der Waals surface area contributed by atoms with Crippen LogP contribution in [0.3, 0.4) is 0 Å². The number of halogens is 2. The van der Waals surface area contributed by atoms with Crippen molar-refractivity contribution in [3.05, 3.63) is 16.0 Å². The van der Waals surface area contributed by atoms with Crippen molar-refractivity contribution in [1.82, 2.24) is 9.97 Å². The van der Waals surface area contributed by atoms with Crippen molar-refractivity contribution in [2.45, 2.75) is 26.0 Å². The normalized spacial score (nSPS) is 16.5. The zero-order valence-electron chi connectivity index (χ0n) is 10.8. The number of anilines is 1.